The van der Waals surface area contributed by atoms with Gasteiger partial charge in [0.05, 0.1) is 5.52 Å². The molecule has 0 saturated carbocycles. The van der Waals surface area contributed by atoms with E-state index in [1.54, 1.807) is 6.07 Å². The molecule has 1 atom stereocenters. The largest absolute Gasteiger partial charge is 0.483 e. The van der Waals surface area contributed by atoms with Gasteiger partial charge in [0.1, 0.15) is 5.82 Å². The van der Waals surface area contributed by atoms with Crippen LogP contribution < -0.4 is 5.32 Å². The van der Waals surface area contributed by atoms with Gasteiger partial charge in [-0.3, -0.25) is 14.7 Å². The van der Waals surface area contributed by atoms with E-state index in [0.29, 0.717) is 16.8 Å². The summed E-state index contributed by atoms with van der Waals surface area (Å²) in [5, 5.41) is 17.3. The summed E-state index contributed by atoms with van der Waals surface area (Å²) in [6.07, 6.45) is 2.28. The van der Waals surface area contributed by atoms with Crippen molar-refractivity contribution in [2.45, 2.75) is 18.9 Å². The zero-order valence-corrected chi connectivity index (χ0v) is 13.0. The van der Waals surface area contributed by atoms with Gasteiger partial charge in [0.2, 0.25) is 0 Å². The fourth-order valence-electron chi connectivity index (χ4n) is 3.52. The van der Waals surface area contributed by atoms with Crippen molar-refractivity contribution in [1.82, 2.24) is 20.4 Å². The summed E-state index contributed by atoms with van der Waals surface area (Å²) < 4.78 is 13.4. The summed E-state index contributed by atoms with van der Waals surface area (Å²) in [6.45, 7) is 2.92. The minimum atomic E-state index is -0.360. The van der Waals surface area contributed by atoms with Crippen molar-refractivity contribution >= 4 is 23.3 Å². The van der Waals surface area contributed by atoms with Gasteiger partial charge in [-0.25, -0.2) is 4.39 Å². The minimum Gasteiger partial charge on any atom is -0.483 e. The van der Waals surface area contributed by atoms with Crippen LogP contribution >= 0.6 is 0 Å². The topological polar surface area (TPSA) is 98.3 Å². The zero-order valence-electron chi connectivity index (χ0n) is 13.0. The lowest BCUT2D eigenvalue weighted by Gasteiger charge is -2.44. The van der Waals surface area contributed by atoms with Gasteiger partial charge in [0.25, 0.3) is 12.4 Å². The second-order valence-electron chi connectivity index (χ2n) is 6.09. The predicted octanol–water partition coefficient (Wildman–Crippen LogP) is 1.23. The van der Waals surface area contributed by atoms with E-state index in [0.717, 1.165) is 32.5 Å². The second kappa shape index (κ2) is 6.96. The van der Waals surface area contributed by atoms with Gasteiger partial charge in [0, 0.05) is 18.0 Å². The number of aromatic nitrogens is 2. The van der Waals surface area contributed by atoms with E-state index in [9.17, 15) is 9.18 Å². The monoisotopic (exact) mass is 334 g/mol. The Morgan fingerprint density at radius 2 is 2.12 bits per heavy atom. The number of benzene rings is 1. The van der Waals surface area contributed by atoms with Crippen LogP contribution in [0.4, 0.5) is 4.39 Å². The van der Waals surface area contributed by atoms with E-state index in [1.165, 1.54) is 12.1 Å². The highest BCUT2D eigenvalue weighted by molar-refractivity contribution is 6.04. The van der Waals surface area contributed by atoms with Gasteiger partial charge >= 0.3 is 0 Å². The first-order chi connectivity index (χ1) is 11.6. The first kappa shape index (κ1) is 16.4. The van der Waals surface area contributed by atoms with Gasteiger partial charge in [-0.05, 0) is 50.0 Å². The van der Waals surface area contributed by atoms with Crippen LogP contribution in [-0.2, 0) is 4.79 Å². The van der Waals surface area contributed by atoms with E-state index in [2.05, 4.69) is 20.4 Å². The molecule has 0 spiro atoms. The lowest BCUT2D eigenvalue weighted by Crippen LogP contribution is -2.57. The van der Waals surface area contributed by atoms with Crippen molar-refractivity contribution in [2.75, 3.05) is 19.6 Å². The molecule has 0 radical (unpaired) electrons. The molecular formula is C16H19FN4O3. The molecule has 3 fully saturated rings. The van der Waals surface area contributed by atoms with E-state index in [-0.39, 0.29) is 29.9 Å². The first-order valence-corrected chi connectivity index (χ1v) is 7.87. The Balaban J connectivity index is 0.000000526. The highest BCUT2D eigenvalue weighted by Gasteiger charge is 2.35. The molecule has 2 bridgehead atoms. The maximum Gasteiger partial charge on any atom is 0.290 e. The summed E-state index contributed by atoms with van der Waals surface area (Å²) in [4.78, 5) is 23.2. The van der Waals surface area contributed by atoms with Gasteiger partial charge in [-0.15, -0.1) is 0 Å². The number of nitrogens with one attached hydrogen (secondary N) is 2. The van der Waals surface area contributed by atoms with Crippen LogP contribution in [-0.4, -0.2) is 58.3 Å². The summed E-state index contributed by atoms with van der Waals surface area (Å²) in [7, 11) is 0. The van der Waals surface area contributed by atoms with Gasteiger partial charge in [-0.2, -0.15) is 5.10 Å². The van der Waals surface area contributed by atoms with Crippen molar-refractivity contribution in [3.8, 4) is 0 Å². The van der Waals surface area contributed by atoms with Crippen molar-refractivity contribution in [1.29, 1.82) is 0 Å². The van der Waals surface area contributed by atoms with Crippen molar-refractivity contribution in [3.05, 3.63) is 29.7 Å². The molecule has 2 aromatic rings. The molecule has 3 aliphatic heterocycles. The SMILES string of the molecule is O=C(N[C@H]1CN2CCC1CC2)c1n[nH]c2ccc(F)cc12.O=CO. The third-order valence-corrected chi connectivity index (χ3v) is 4.71. The van der Waals surface area contributed by atoms with Crippen molar-refractivity contribution in [3.63, 3.8) is 0 Å². The predicted molar refractivity (Wildman–Crippen MR) is 85.2 cm³/mol. The minimum absolute atomic E-state index is 0.181. The summed E-state index contributed by atoms with van der Waals surface area (Å²) in [5.74, 6) is -0.0210. The number of piperidine rings is 3. The molecular weight excluding hydrogens is 315 g/mol. The molecule has 24 heavy (non-hydrogen) atoms. The number of carboxylic acid groups (broad SMARTS) is 1. The average molecular weight is 334 g/mol. The van der Waals surface area contributed by atoms with Crippen LogP contribution in [0.2, 0.25) is 0 Å². The van der Waals surface area contributed by atoms with Crippen LogP contribution in [0.5, 0.6) is 0 Å². The Hall–Kier alpha value is -2.48. The molecule has 4 heterocycles. The number of fused-ring (bicyclic) bond motifs is 4. The average Bonchev–Trinajstić information content (AvgIpc) is 3.00. The second-order valence-corrected chi connectivity index (χ2v) is 6.09. The number of rotatable bonds is 2. The maximum absolute atomic E-state index is 13.4. The van der Waals surface area contributed by atoms with Gasteiger partial charge in [0.15, 0.2) is 5.69 Å². The number of hydrogen-bond acceptors (Lipinski definition) is 4. The normalized spacial score (nSPS) is 25.0. The van der Waals surface area contributed by atoms with Crippen LogP contribution in [0.15, 0.2) is 18.2 Å². The van der Waals surface area contributed by atoms with E-state index >= 15 is 0 Å². The molecule has 0 aliphatic carbocycles. The number of carbonyl (C=O) groups is 2. The maximum atomic E-state index is 13.4. The molecule has 5 rings (SSSR count). The number of halogens is 1. The van der Waals surface area contributed by atoms with Crippen LogP contribution in [0.1, 0.15) is 23.3 Å². The number of amides is 1. The molecule has 7 nitrogen and oxygen atoms in total. The molecule has 1 aromatic carbocycles. The van der Waals surface area contributed by atoms with Crippen LogP contribution in [0.3, 0.4) is 0 Å². The van der Waals surface area contributed by atoms with E-state index < -0.39 is 0 Å². The van der Waals surface area contributed by atoms with E-state index in [4.69, 9.17) is 9.90 Å². The lowest BCUT2D eigenvalue weighted by molar-refractivity contribution is -0.122. The van der Waals surface area contributed by atoms with Gasteiger partial charge in [-0.1, -0.05) is 0 Å². The Bertz CT molecular complexity index is 740. The van der Waals surface area contributed by atoms with Crippen LogP contribution in [0, 0.1) is 11.7 Å². The Morgan fingerprint density at radius 1 is 1.42 bits per heavy atom. The molecule has 0 unspecified atom stereocenters. The third-order valence-electron chi connectivity index (χ3n) is 4.71. The molecule has 1 aromatic heterocycles. The molecule has 1 amide bonds. The highest BCUT2D eigenvalue weighted by Crippen LogP contribution is 2.28. The Labute approximate surface area is 137 Å². The molecule has 3 N–H and O–H groups in total. The number of hydrogen-bond donors (Lipinski definition) is 3. The third kappa shape index (κ3) is 3.23. The van der Waals surface area contributed by atoms with Crippen molar-refractivity contribution < 1.29 is 19.1 Å². The standard InChI is InChI=1S/C15H17FN4O.CH2O2/c16-10-1-2-12-11(7-10)14(19-18-12)15(21)17-13-8-20-5-3-9(13)4-6-20;2-1-3/h1-2,7,9,13H,3-6,8H2,(H,17,21)(H,18,19);1H,(H,2,3)/t13-;/m0./s1. The molecule has 8 heteroatoms. The van der Waals surface area contributed by atoms with Gasteiger partial charge < -0.3 is 15.3 Å². The fraction of sp³-hybridized carbons (Fsp3) is 0.438. The zero-order chi connectivity index (χ0) is 17.1. The molecule has 3 aliphatic rings. The summed E-state index contributed by atoms with van der Waals surface area (Å²) in [5.41, 5.74) is 0.955. The number of aromatic amines is 1. The van der Waals surface area contributed by atoms with Crippen molar-refractivity contribution in [2.24, 2.45) is 5.92 Å². The summed E-state index contributed by atoms with van der Waals surface area (Å²) >= 11 is 0. The first-order valence-electron chi connectivity index (χ1n) is 7.87. The number of carbonyl (C=O) groups excluding carboxylic acids is 1. The summed E-state index contributed by atoms with van der Waals surface area (Å²) in [6, 6.07) is 4.49. The number of nitrogens with zero attached hydrogens (tertiary/aromatic N) is 2. The quantitative estimate of drug-likeness (QED) is 0.718. The Morgan fingerprint density at radius 3 is 2.75 bits per heavy atom. The fourth-order valence-corrected chi connectivity index (χ4v) is 3.52. The van der Waals surface area contributed by atoms with Crippen LogP contribution in [0.25, 0.3) is 10.9 Å². The molecule has 128 valence electrons. The van der Waals surface area contributed by atoms with E-state index in [1.807, 2.05) is 0 Å². The number of H-pyrrole nitrogens is 1. The smallest absolute Gasteiger partial charge is 0.290 e. The lowest BCUT2D eigenvalue weighted by atomic mass is 9.84. The molecule has 3 saturated heterocycles. The Kier molecular flexibility index (Phi) is 4.75. The highest BCUT2D eigenvalue weighted by atomic mass is 19.1.